The number of amides is 2. The van der Waals surface area contributed by atoms with Crippen LogP contribution in [0.1, 0.15) is 71.1 Å². The molecular formula is C22H37N3O4. The number of carbonyl (C=O) groups is 2. The Balaban J connectivity index is 2.77. The summed E-state index contributed by atoms with van der Waals surface area (Å²) in [5.74, 6) is 0. The Morgan fingerprint density at radius 3 is 1.93 bits per heavy atom. The molecule has 1 rings (SSSR count). The van der Waals surface area contributed by atoms with Gasteiger partial charge in [-0.3, -0.25) is 0 Å². The molecule has 1 aromatic rings. The van der Waals surface area contributed by atoms with E-state index in [0.717, 1.165) is 0 Å². The highest BCUT2D eigenvalue weighted by Crippen LogP contribution is 2.30. The summed E-state index contributed by atoms with van der Waals surface area (Å²) in [5.41, 5.74) is 3.81. The predicted octanol–water partition coefficient (Wildman–Crippen LogP) is 4.06. The second kappa shape index (κ2) is 10.5. The quantitative estimate of drug-likeness (QED) is 0.397. The van der Waals surface area contributed by atoms with Crippen molar-refractivity contribution in [2.24, 2.45) is 0 Å². The van der Waals surface area contributed by atoms with E-state index in [1.165, 1.54) is 16.7 Å². The van der Waals surface area contributed by atoms with E-state index >= 15 is 0 Å². The molecule has 0 fully saturated rings. The van der Waals surface area contributed by atoms with Crippen LogP contribution in [0, 0.1) is 0 Å². The van der Waals surface area contributed by atoms with Crippen molar-refractivity contribution in [2.75, 3.05) is 13.1 Å². The molecule has 1 aromatic carbocycles. The maximum absolute atomic E-state index is 11.0. The van der Waals surface area contributed by atoms with Crippen molar-refractivity contribution in [2.45, 2.75) is 77.8 Å². The topological polar surface area (TPSA) is 111 Å². The third-order valence-corrected chi connectivity index (χ3v) is 4.78. The average Bonchev–Trinajstić information content (AvgIpc) is 2.56. The maximum Gasteiger partial charge on any atom is 0.404 e. The lowest BCUT2D eigenvalue weighted by Crippen LogP contribution is -2.41. The lowest BCUT2D eigenvalue weighted by atomic mass is 9.79. The largest absolute Gasteiger partial charge is 0.465 e. The Labute approximate surface area is 174 Å². The summed E-state index contributed by atoms with van der Waals surface area (Å²) in [6.07, 6.45) is -1.03. The number of nitrogens with one attached hydrogen (secondary N) is 3. The molecule has 0 saturated carbocycles. The molecule has 0 saturated heterocycles. The zero-order valence-corrected chi connectivity index (χ0v) is 18.6. The Bertz CT molecular complexity index is 658. The van der Waals surface area contributed by atoms with Crippen LogP contribution in [0.2, 0.25) is 0 Å². The van der Waals surface area contributed by atoms with E-state index in [1.807, 2.05) is 0 Å². The van der Waals surface area contributed by atoms with Gasteiger partial charge in [-0.25, -0.2) is 9.59 Å². The summed E-state index contributed by atoms with van der Waals surface area (Å²) in [4.78, 5) is 21.6. The lowest BCUT2D eigenvalue weighted by molar-refractivity contribution is 0.186. The number of hydrogen-bond donors (Lipinski definition) is 5. The fourth-order valence-corrected chi connectivity index (χ4v) is 2.99. The molecule has 164 valence electrons. The normalized spacial score (nSPS) is 13.0. The van der Waals surface area contributed by atoms with Gasteiger partial charge in [0, 0.05) is 25.7 Å². The zero-order valence-electron chi connectivity index (χ0n) is 18.6. The first-order valence-electron chi connectivity index (χ1n) is 10.1. The molecule has 1 atom stereocenters. The van der Waals surface area contributed by atoms with Crippen molar-refractivity contribution in [1.82, 2.24) is 16.0 Å². The molecule has 5 N–H and O–H groups in total. The van der Waals surface area contributed by atoms with E-state index in [-0.39, 0.29) is 16.9 Å². The second-order valence-corrected chi connectivity index (χ2v) is 9.57. The number of carboxylic acid groups (broad SMARTS) is 2. The highest BCUT2D eigenvalue weighted by molar-refractivity contribution is 5.65. The van der Waals surface area contributed by atoms with Crippen molar-refractivity contribution in [3.8, 4) is 0 Å². The van der Waals surface area contributed by atoms with Gasteiger partial charge < -0.3 is 26.2 Å². The van der Waals surface area contributed by atoms with Gasteiger partial charge in [-0.05, 0) is 40.4 Å². The lowest BCUT2D eigenvalue weighted by Gasteiger charge is -2.26. The molecular weight excluding hydrogens is 370 g/mol. The Morgan fingerprint density at radius 2 is 1.48 bits per heavy atom. The molecule has 0 bridgehead atoms. The molecule has 0 aliphatic rings. The summed E-state index contributed by atoms with van der Waals surface area (Å²) >= 11 is 0. The maximum atomic E-state index is 11.0. The van der Waals surface area contributed by atoms with E-state index in [2.05, 4.69) is 75.7 Å². The summed E-state index contributed by atoms with van der Waals surface area (Å²) in [6.45, 7) is 14.6. The van der Waals surface area contributed by atoms with Crippen molar-refractivity contribution in [3.63, 3.8) is 0 Å². The van der Waals surface area contributed by atoms with Crippen LogP contribution in [0.4, 0.5) is 9.59 Å². The molecule has 7 nitrogen and oxygen atoms in total. The average molecular weight is 408 g/mol. The Morgan fingerprint density at radius 1 is 0.931 bits per heavy atom. The van der Waals surface area contributed by atoms with Gasteiger partial charge in [-0.1, -0.05) is 59.7 Å². The van der Waals surface area contributed by atoms with E-state index in [0.29, 0.717) is 32.5 Å². The van der Waals surface area contributed by atoms with Crippen LogP contribution >= 0.6 is 0 Å². The van der Waals surface area contributed by atoms with Crippen molar-refractivity contribution >= 4 is 12.2 Å². The fourth-order valence-electron chi connectivity index (χ4n) is 2.99. The number of hydrogen-bond acceptors (Lipinski definition) is 3. The second-order valence-electron chi connectivity index (χ2n) is 9.57. The monoisotopic (exact) mass is 407 g/mol. The van der Waals surface area contributed by atoms with Crippen molar-refractivity contribution < 1.29 is 19.8 Å². The molecule has 0 spiro atoms. The van der Waals surface area contributed by atoms with Crippen LogP contribution in [0.3, 0.4) is 0 Å². The van der Waals surface area contributed by atoms with Gasteiger partial charge >= 0.3 is 12.2 Å². The Kier molecular flexibility index (Phi) is 8.95. The SMILES string of the molecule is CC(C)(C)c1cc(CNCC(CCCNC(=O)O)NC(=O)O)cc(C(C)(C)C)c1. The molecule has 0 radical (unpaired) electrons. The van der Waals surface area contributed by atoms with Gasteiger partial charge in [0.1, 0.15) is 0 Å². The summed E-state index contributed by atoms with van der Waals surface area (Å²) in [5, 5.41) is 25.8. The summed E-state index contributed by atoms with van der Waals surface area (Å²) in [6, 6.07) is 6.40. The van der Waals surface area contributed by atoms with Gasteiger partial charge in [0.25, 0.3) is 0 Å². The fraction of sp³-hybridized carbons (Fsp3) is 0.636. The van der Waals surface area contributed by atoms with Gasteiger partial charge in [-0.2, -0.15) is 0 Å². The molecule has 0 heterocycles. The molecule has 0 aromatic heterocycles. The molecule has 7 heteroatoms. The zero-order chi connectivity index (χ0) is 22.2. The third kappa shape index (κ3) is 9.65. The van der Waals surface area contributed by atoms with E-state index in [9.17, 15) is 9.59 Å². The van der Waals surface area contributed by atoms with Crippen LogP contribution in [0.15, 0.2) is 18.2 Å². The standard InChI is InChI=1S/C22H37N3O4/c1-21(2,3)16-10-15(11-17(12-16)22(4,5)6)13-23-14-18(25-20(28)29)8-7-9-24-19(26)27/h10-12,18,23-25H,7-9,13-14H2,1-6H3,(H,26,27)(H,28,29). The van der Waals surface area contributed by atoms with Gasteiger partial charge in [0.05, 0.1) is 0 Å². The van der Waals surface area contributed by atoms with Crippen LogP contribution in [-0.2, 0) is 17.4 Å². The minimum Gasteiger partial charge on any atom is -0.465 e. The first-order valence-corrected chi connectivity index (χ1v) is 10.1. The first-order chi connectivity index (χ1) is 13.3. The van der Waals surface area contributed by atoms with E-state index in [1.54, 1.807) is 0 Å². The van der Waals surface area contributed by atoms with E-state index < -0.39 is 12.2 Å². The smallest absolute Gasteiger partial charge is 0.404 e. The first kappa shape index (κ1) is 24.8. The number of benzene rings is 1. The highest BCUT2D eigenvalue weighted by Gasteiger charge is 2.20. The van der Waals surface area contributed by atoms with Crippen LogP contribution in [0.5, 0.6) is 0 Å². The summed E-state index contributed by atoms with van der Waals surface area (Å²) in [7, 11) is 0. The summed E-state index contributed by atoms with van der Waals surface area (Å²) < 4.78 is 0. The van der Waals surface area contributed by atoms with E-state index in [4.69, 9.17) is 10.2 Å². The van der Waals surface area contributed by atoms with Crippen molar-refractivity contribution in [1.29, 1.82) is 0 Å². The van der Waals surface area contributed by atoms with Crippen LogP contribution < -0.4 is 16.0 Å². The van der Waals surface area contributed by atoms with Crippen LogP contribution in [0.25, 0.3) is 0 Å². The molecule has 29 heavy (non-hydrogen) atoms. The van der Waals surface area contributed by atoms with Gasteiger partial charge in [0.2, 0.25) is 0 Å². The molecule has 2 amide bonds. The highest BCUT2D eigenvalue weighted by atomic mass is 16.4. The third-order valence-electron chi connectivity index (χ3n) is 4.78. The molecule has 0 aliphatic carbocycles. The number of rotatable bonds is 9. The molecule has 0 aliphatic heterocycles. The Hall–Kier alpha value is -2.28. The molecule has 1 unspecified atom stereocenters. The predicted molar refractivity (Wildman–Crippen MR) is 116 cm³/mol. The van der Waals surface area contributed by atoms with Gasteiger partial charge in [0.15, 0.2) is 0 Å². The minimum atomic E-state index is -1.08. The van der Waals surface area contributed by atoms with Crippen molar-refractivity contribution in [3.05, 3.63) is 34.9 Å². The van der Waals surface area contributed by atoms with Crippen LogP contribution in [-0.4, -0.2) is 41.5 Å². The minimum absolute atomic E-state index is 0.0422. The van der Waals surface area contributed by atoms with Gasteiger partial charge in [-0.15, -0.1) is 0 Å².